The Balaban J connectivity index is 2.20. The molecule has 18 heavy (non-hydrogen) atoms. The molecule has 0 spiro atoms. The van der Waals surface area contributed by atoms with Crippen molar-refractivity contribution in [1.29, 1.82) is 0 Å². The number of rotatable bonds is 2. The molecule has 2 rings (SSSR count). The first-order valence-electron chi connectivity index (χ1n) is 6.12. The van der Waals surface area contributed by atoms with Crippen LogP contribution in [0.3, 0.4) is 0 Å². The predicted octanol–water partition coefficient (Wildman–Crippen LogP) is 1.01. The molecule has 2 heterocycles. The Morgan fingerprint density at radius 3 is 2.61 bits per heavy atom. The predicted molar refractivity (Wildman–Crippen MR) is 73.4 cm³/mol. The maximum absolute atomic E-state index is 11.7. The van der Waals surface area contributed by atoms with Crippen LogP contribution in [0.2, 0.25) is 5.02 Å². The van der Waals surface area contributed by atoms with Crippen molar-refractivity contribution in [3.05, 3.63) is 21.6 Å². The third kappa shape index (κ3) is 2.37. The summed E-state index contributed by atoms with van der Waals surface area (Å²) in [7, 11) is 3.59. The van der Waals surface area contributed by atoms with Gasteiger partial charge in [-0.3, -0.25) is 4.79 Å². The summed E-state index contributed by atoms with van der Waals surface area (Å²) in [5.74, 6) is 0. The molecule has 1 fully saturated rings. The van der Waals surface area contributed by atoms with E-state index in [1.165, 1.54) is 4.68 Å². The highest BCUT2D eigenvalue weighted by Gasteiger charge is 2.29. The molecule has 0 saturated carbocycles. The summed E-state index contributed by atoms with van der Waals surface area (Å²) in [4.78, 5) is 13.9. The van der Waals surface area contributed by atoms with Gasteiger partial charge in [0.05, 0.1) is 11.9 Å². The van der Waals surface area contributed by atoms with E-state index in [-0.39, 0.29) is 16.1 Å². The first-order valence-corrected chi connectivity index (χ1v) is 6.50. The van der Waals surface area contributed by atoms with Gasteiger partial charge in [-0.2, -0.15) is 5.10 Å². The van der Waals surface area contributed by atoms with Crippen LogP contribution in [-0.2, 0) is 7.05 Å². The third-order valence-corrected chi connectivity index (χ3v) is 4.23. The lowest BCUT2D eigenvalue weighted by Gasteiger charge is -2.40. The van der Waals surface area contributed by atoms with Gasteiger partial charge in [0.15, 0.2) is 0 Å². The van der Waals surface area contributed by atoms with Crippen molar-refractivity contribution < 1.29 is 0 Å². The number of aromatic nitrogens is 2. The molecular weight excluding hydrogens is 252 g/mol. The van der Waals surface area contributed by atoms with Gasteiger partial charge in [-0.15, -0.1) is 0 Å². The van der Waals surface area contributed by atoms with Gasteiger partial charge in [-0.1, -0.05) is 11.6 Å². The summed E-state index contributed by atoms with van der Waals surface area (Å²) in [6, 6.07) is 0. The third-order valence-electron chi connectivity index (χ3n) is 3.87. The van der Waals surface area contributed by atoms with Crippen LogP contribution in [0, 0.1) is 0 Å². The second-order valence-electron chi connectivity index (χ2n) is 5.07. The fourth-order valence-electron chi connectivity index (χ4n) is 2.21. The van der Waals surface area contributed by atoms with Crippen LogP contribution in [0.4, 0.5) is 5.69 Å². The van der Waals surface area contributed by atoms with Gasteiger partial charge in [-0.05, 0) is 26.8 Å². The largest absolute Gasteiger partial charge is 0.369 e. The molecule has 0 unspecified atom stereocenters. The lowest BCUT2D eigenvalue weighted by atomic mass is 9.90. The highest BCUT2D eigenvalue weighted by molar-refractivity contribution is 6.33. The Morgan fingerprint density at radius 2 is 2.06 bits per heavy atom. The molecule has 0 aliphatic carbocycles. The van der Waals surface area contributed by atoms with Gasteiger partial charge in [0.1, 0.15) is 5.02 Å². The molecule has 1 aliphatic heterocycles. The average molecular weight is 271 g/mol. The van der Waals surface area contributed by atoms with Crippen molar-refractivity contribution in [2.45, 2.75) is 25.3 Å². The van der Waals surface area contributed by atoms with Crippen LogP contribution in [0.1, 0.15) is 19.8 Å². The summed E-state index contributed by atoms with van der Waals surface area (Å²) in [6.45, 7) is 3.98. The molecular formula is C12H19ClN4O. The summed E-state index contributed by atoms with van der Waals surface area (Å²) in [6.07, 6.45) is 3.72. The van der Waals surface area contributed by atoms with E-state index in [0.29, 0.717) is 0 Å². The Kier molecular flexibility index (Phi) is 3.64. The monoisotopic (exact) mass is 270 g/mol. The molecule has 0 aromatic carbocycles. The van der Waals surface area contributed by atoms with Gasteiger partial charge in [0, 0.05) is 25.7 Å². The molecule has 1 aromatic heterocycles. The zero-order valence-corrected chi connectivity index (χ0v) is 11.8. The fraction of sp³-hybridized carbons (Fsp3) is 0.667. The van der Waals surface area contributed by atoms with Crippen molar-refractivity contribution in [3.63, 3.8) is 0 Å². The number of hydrogen-bond donors (Lipinski definition) is 1. The van der Waals surface area contributed by atoms with Gasteiger partial charge < -0.3 is 10.2 Å². The first-order chi connectivity index (χ1) is 8.47. The molecule has 5 nitrogen and oxygen atoms in total. The molecule has 1 N–H and O–H groups in total. The number of hydrogen-bond acceptors (Lipinski definition) is 4. The molecule has 100 valence electrons. The molecule has 1 aliphatic rings. The van der Waals surface area contributed by atoms with E-state index in [9.17, 15) is 4.79 Å². The van der Waals surface area contributed by atoms with Crippen LogP contribution in [0.5, 0.6) is 0 Å². The van der Waals surface area contributed by atoms with Crippen molar-refractivity contribution in [1.82, 2.24) is 15.1 Å². The molecule has 0 atom stereocenters. The standard InChI is InChI=1S/C12H19ClN4O/c1-12(14-2)4-6-17(7-5-12)9-8-15-16(3)11(18)10(9)13/h8,14H,4-7H2,1-3H3. The number of nitrogens with zero attached hydrogens (tertiary/aromatic N) is 3. The van der Waals surface area contributed by atoms with Crippen molar-refractivity contribution >= 4 is 17.3 Å². The zero-order chi connectivity index (χ0) is 13.3. The van der Waals surface area contributed by atoms with Gasteiger partial charge in [0.25, 0.3) is 5.56 Å². The van der Waals surface area contributed by atoms with Gasteiger partial charge >= 0.3 is 0 Å². The van der Waals surface area contributed by atoms with E-state index in [4.69, 9.17) is 11.6 Å². The molecule has 1 saturated heterocycles. The number of anilines is 1. The Labute approximate surface area is 112 Å². The Bertz CT molecular complexity index is 491. The Morgan fingerprint density at radius 1 is 1.44 bits per heavy atom. The quantitative estimate of drug-likeness (QED) is 0.872. The molecule has 0 radical (unpaired) electrons. The van der Waals surface area contributed by atoms with E-state index < -0.39 is 0 Å². The highest BCUT2D eigenvalue weighted by Crippen LogP contribution is 2.28. The minimum atomic E-state index is -0.240. The van der Waals surface area contributed by atoms with Crippen molar-refractivity contribution in [2.24, 2.45) is 7.05 Å². The van der Waals surface area contributed by atoms with Crippen LogP contribution in [0.15, 0.2) is 11.0 Å². The smallest absolute Gasteiger partial charge is 0.287 e. The van der Waals surface area contributed by atoms with Crippen LogP contribution < -0.4 is 15.8 Å². The minimum absolute atomic E-state index is 0.177. The lowest BCUT2D eigenvalue weighted by Crippen LogP contribution is -2.50. The summed E-state index contributed by atoms with van der Waals surface area (Å²) >= 11 is 6.11. The van der Waals surface area contributed by atoms with E-state index in [0.717, 1.165) is 31.6 Å². The van der Waals surface area contributed by atoms with Crippen molar-refractivity contribution in [2.75, 3.05) is 25.0 Å². The first kappa shape index (κ1) is 13.4. The maximum atomic E-state index is 11.7. The number of aryl methyl sites for hydroxylation is 1. The zero-order valence-electron chi connectivity index (χ0n) is 11.0. The van der Waals surface area contributed by atoms with E-state index in [2.05, 4.69) is 22.2 Å². The van der Waals surface area contributed by atoms with Gasteiger partial charge in [-0.25, -0.2) is 4.68 Å². The van der Waals surface area contributed by atoms with Crippen molar-refractivity contribution in [3.8, 4) is 0 Å². The maximum Gasteiger partial charge on any atom is 0.287 e. The van der Waals surface area contributed by atoms with Crippen LogP contribution in [-0.4, -0.2) is 35.5 Å². The number of piperidine rings is 1. The normalized spacial score (nSPS) is 19.0. The van der Waals surface area contributed by atoms with Crippen LogP contribution in [0.25, 0.3) is 0 Å². The number of halogens is 1. The Hall–Kier alpha value is -1.07. The van der Waals surface area contributed by atoms with E-state index in [1.807, 2.05) is 7.05 Å². The molecule has 0 bridgehead atoms. The summed E-state index contributed by atoms with van der Waals surface area (Å²) in [5.41, 5.74) is 0.685. The lowest BCUT2D eigenvalue weighted by molar-refractivity contribution is 0.305. The molecule has 1 aromatic rings. The average Bonchev–Trinajstić information content (AvgIpc) is 2.38. The van der Waals surface area contributed by atoms with Gasteiger partial charge in [0.2, 0.25) is 0 Å². The second-order valence-corrected chi connectivity index (χ2v) is 5.45. The second kappa shape index (κ2) is 4.90. The minimum Gasteiger partial charge on any atom is -0.369 e. The fourth-order valence-corrected chi connectivity index (χ4v) is 2.50. The SMILES string of the molecule is CNC1(C)CCN(c2cnn(C)c(=O)c2Cl)CC1. The van der Waals surface area contributed by atoms with Crippen LogP contribution >= 0.6 is 11.6 Å². The number of nitrogens with one attached hydrogen (secondary N) is 1. The summed E-state index contributed by atoms with van der Waals surface area (Å²) in [5, 5.41) is 7.64. The van der Waals surface area contributed by atoms with E-state index >= 15 is 0 Å². The topological polar surface area (TPSA) is 50.2 Å². The summed E-state index contributed by atoms with van der Waals surface area (Å²) < 4.78 is 1.26. The van der Waals surface area contributed by atoms with E-state index in [1.54, 1.807) is 13.2 Å². The molecule has 6 heteroatoms. The highest BCUT2D eigenvalue weighted by atomic mass is 35.5. The molecule has 0 amide bonds.